The molecule has 31 heavy (non-hydrogen) atoms. The zero-order valence-electron chi connectivity index (χ0n) is 16.5. The van der Waals surface area contributed by atoms with Crippen LogP contribution >= 0.6 is 23.1 Å². The minimum Gasteiger partial charge on any atom is -0.497 e. The Hall–Kier alpha value is -3.43. The summed E-state index contributed by atoms with van der Waals surface area (Å²) in [7, 11) is 1.58. The average Bonchev–Trinajstić information content (AvgIpc) is 3.31. The Morgan fingerprint density at radius 1 is 1.19 bits per heavy atom. The van der Waals surface area contributed by atoms with Gasteiger partial charge >= 0.3 is 0 Å². The van der Waals surface area contributed by atoms with Gasteiger partial charge in [-0.25, -0.2) is 10.4 Å². The molecule has 7 nitrogen and oxygen atoms in total. The van der Waals surface area contributed by atoms with Crippen LogP contribution in [0.2, 0.25) is 0 Å². The van der Waals surface area contributed by atoms with Crippen molar-refractivity contribution < 1.29 is 9.53 Å². The second-order valence-electron chi connectivity index (χ2n) is 6.35. The van der Waals surface area contributed by atoms with Crippen LogP contribution in [0.3, 0.4) is 0 Å². The molecule has 0 aliphatic rings. The number of hydrogen-bond donors (Lipinski definition) is 1. The largest absolute Gasteiger partial charge is 0.497 e. The van der Waals surface area contributed by atoms with Gasteiger partial charge in [0.05, 0.1) is 35.7 Å². The molecule has 1 amide bonds. The van der Waals surface area contributed by atoms with Crippen molar-refractivity contribution in [2.24, 2.45) is 5.10 Å². The molecule has 1 N–H and O–H groups in total. The van der Waals surface area contributed by atoms with Crippen LogP contribution in [0, 0.1) is 0 Å². The van der Waals surface area contributed by atoms with Crippen molar-refractivity contribution in [3.05, 3.63) is 81.3 Å². The van der Waals surface area contributed by atoms with E-state index in [1.807, 2.05) is 23.6 Å². The second kappa shape index (κ2) is 9.59. The highest BCUT2D eigenvalue weighted by Crippen LogP contribution is 2.22. The van der Waals surface area contributed by atoms with Crippen molar-refractivity contribution in [1.29, 1.82) is 0 Å². The molecule has 4 aromatic rings. The first-order valence-electron chi connectivity index (χ1n) is 9.30. The highest BCUT2D eigenvalue weighted by Gasteiger charge is 2.14. The summed E-state index contributed by atoms with van der Waals surface area (Å²) in [5.41, 5.74) is 3.52. The number of thiophene rings is 1. The first-order valence-corrected chi connectivity index (χ1v) is 11.2. The van der Waals surface area contributed by atoms with Crippen LogP contribution in [0.4, 0.5) is 0 Å². The number of methoxy groups -OCH3 is 1. The molecule has 0 unspecified atom stereocenters. The van der Waals surface area contributed by atoms with Gasteiger partial charge in [0.1, 0.15) is 5.75 Å². The number of hydrogen-bond acceptors (Lipinski definition) is 7. The summed E-state index contributed by atoms with van der Waals surface area (Å²) in [6.07, 6.45) is 1.59. The van der Waals surface area contributed by atoms with E-state index in [-0.39, 0.29) is 17.2 Å². The van der Waals surface area contributed by atoms with Crippen molar-refractivity contribution in [1.82, 2.24) is 15.0 Å². The standard InChI is InChI=1S/C22H18N4O3S2/c1-29-16-10-8-15(9-11-16)26-21(28)18-6-2-3-7-19(18)24-22(26)31-14-20(27)25-23-13-17-5-4-12-30-17/h2-13H,14H2,1H3,(H,25,27)/b23-13-. The summed E-state index contributed by atoms with van der Waals surface area (Å²) in [5, 5.41) is 6.83. The summed E-state index contributed by atoms with van der Waals surface area (Å²) in [6, 6.07) is 18.1. The number of benzene rings is 2. The molecule has 0 bridgehead atoms. The Morgan fingerprint density at radius 2 is 2.00 bits per heavy atom. The van der Waals surface area contributed by atoms with Gasteiger partial charge in [0.15, 0.2) is 5.16 Å². The van der Waals surface area contributed by atoms with E-state index >= 15 is 0 Å². The number of nitrogens with zero attached hydrogens (tertiary/aromatic N) is 3. The predicted molar refractivity (Wildman–Crippen MR) is 125 cm³/mol. The molecule has 2 aromatic carbocycles. The highest BCUT2D eigenvalue weighted by atomic mass is 32.2. The molecule has 0 radical (unpaired) electrons. The van der Waals surface area contributed by atoms with Gasteiger partial charge in [-0.15, -0.1) is 11.3 Å². The average molecular weight is 451 g/mol. The van der Waals surface area contributed by atoms with Gasteiger partial charge < -0.3 is 4.74 Å². The molecule has 4 rings (SSSR count). The molecule has 0 saturated carbocycles. The van der Waals surface area contributed by atoms with Gasteiger partial charge in [-0.05, 0) is 47.8 Å². The number of carbonyl (C=O) groups is 1. The summed E-state index contributed by atoms with van der Waals surface area (Å²) >= 11 is 2.70. The van der Waals surface area contributed by atoms with Crippen LogP contribution in [0.5, 0.6) is 5.75 Å². The molecule has 0 saturated heterocycles. The summed E-state index contributed by atoms with van der Waals surface area (Å²) in [5.74, 6) is 0.451. The number of carbonyl (C=O) groups excluding carboxylic acids is 1. The van der Waals surface area contributed by atoms with E-state index in [4.69, 9.17) is 4.74 Å². The minimum atomic E-state index is -0.290. The van der Waals surface area contributed by atoms with Gasteiger partial charge in [-0.3, -0.25) is 14.2 Å². The third-order valence-corrected chi connectivity index (χ3v) is 6.08. The van der Waals surface area contributed by atoms with Gasteiger partial charge in [0.25, 0.3) is 11.5 Å². The van der Waals surface area contributed by atoms with Crippen LogP contribution in [0.15, 0.2) is 81.1 Å². The van der Waals surface area contributed by atoms with E-state index in [0.717, 1.165) is 4.88 Å². The van der Waals surface area contributed by atoms with Gasteiger partial charge in [-0.1, -0.05) is 30.0 Å². The number of para-hydroxylation sites is 1. The Bertz CT molecular complexity index is 1280. The number of thioether (sulfide) groups is 1. The second-order valence-corrected chi connectivity index (χ2v) is 8.27. The molecule has 2 aromatic heterocycles. The predicted octanol–water partition coefficient (Wildman–Crippen LogP) is 3.70. The lowest BCUT2D eigenvalue weighted by molar-refractivity contribution is -0.118. The van der Waals surface area contributed by atoms with E-state index in [1.165, 1.54) is 27.7 Å². The Kier molecular flexibility index (Phi) is 6.44. The highest BCUT2D eigenvalue weighted by molar-refractivity contribution is 7.99. The molecule has 9 heteroatoms. The van der Waals surface area contributed by atoms with Crippen molar-refractivity contribution in [2.45, 2.75) is 5.16 Å². The number of ether oxygens (including phenoxy) is 1. The molecule has 0 aliphatic carbocycles. The van der Waals surface area contributed by atoms with E-state index in [1.54, 1.807) is 55.8 Å². The Labute approximate surface area is 186 Å². The summed E-state index contributed by atoms with van der Waals surface area (Å²) in [4.78, 5) is 31.0. The molecule has 0 spiro atoms. The van der Waals surface area contributed by atoms with Crippen LogP contribution < -0.4 is 15.7 Å². The summed E-state index contributed by atoms with van der Waals surface area (Å²) in [6.45, 7) is 0. The van der Waals surface area contributed by atoms with Crippen LogP contribution in [-0.2, 0) is 4.79 Å². The third-order valence-electron chi connectivity index (χ3n) is 4.33. The molecule has 156 valence electrons. The maximum Gasteiger partial charge on any atom is 0.266 e. The molecular formula is C22H18N4O3S2. The fourth-order valence-corrected chi connectivity index (χ4v) is 4.25. The Balaban J connectivity index is 1.61. The van der Waals surface area contributed by atoms with E-state index in [9.17, 15) is 9.59 Å². The number of hydrazone groups is 1. The number of aromatic nitrogens is 2. The zero-order chi connectivity index (χ0) is 21.6. The van der Waals surface area contributed by atoms with Gasteiger partial charge in [0.2, 0.25) is 0 Å². The fourth-order valence-electron chi connectivity index (χ4n) is 2.86. The first kappa shape index (κ1) is 20.8. The van der Waals surface area contributed by atoms with Crippen LogP contribution in [0.25, 0.3) is 16.6 Å². The van der Waals surface area contributed by atoms with E-state index in [2.05, 4.69) is 15.5 Å². The quantitative estimate of drug-likeness (QED) is 0.201. The SMILES string of the molecule is COc1ccc(-n2c(SCC(=O)N/N=C\c3cccs3)nc3ccccc3c2=O)cc1. The number of nitrogens with one attached hydrogen (secondary N) is 1. The van der Waals surface area contributed by atoms with Crippen molar-refractivity contribution in [3.63, 3.8) is 0 Å². The van der Waals surface area contributed by atoms with Crippen LogP contribution in [0.1, 0.15) is 4.88 Å². The van der Waals surface area contributed by atoms with Crippen LogP contribution in [-0.4, -0.2) is 34.5 Å². The number of rotatable bonds is 7. The summed E-state index contributed by atoms with van der Waals surface area (Å²) < 4.78 is 6.71. The molecule has 0 atom stereocenters. The maximum absolute atomic E-state index is 13.2. The Morgan fingerprint density at radius 3 is 2.74 bits per heavy atom. The molecule has 0 aliphatic heterocycles. The maximum atomic E-state index is 13.2. The molecule has 2 heterocycles. The number of fused-ring (bicyclic) bond motifs is 1. The van der Waals surface area contributed by atoms with E-state index < -0.39 is 0 Å². The molecular weight excluding hydrogens is 432 g/mol. The lowest BCUT2D eigenvalue weighted by Crippen LogP contribution is -2.24. The van der Waals surface area contributed by atoms with Gasteiger partial charge in [0, 0.05) is 4.88 Å². The fraction of sp³-hybridized carbons (Fsp3) is 0.0909. The minimum absolute atomic E-state index is 0.0582. The third kappa shape index (κ3) is 4.84. The van der Waals surface area contributed by atoms with E-state index in [0.29, 0.717) is 27.5 Å². The number of amides is 1. The normalized spacial score (nSPS) is 11.1. The lowest BCUT2D eigenvalue weighted by Gasteiger charge is -2.13. The van der Waals surface area contributed by atoms with Crippen molar-refractivity contribution in [3.8, 4) is 11.4 Å². The molecule has 0 fully saturated rings. The monoisotopic (exact) mass is 450 g/mol. The smallest absolute Gasteiger partial charge is 0.266 e. The van der Waals surface area contributed by atoms with Gasteiger partial charge in [-0.2, -0.15) is 5.10 Å². The first-order chi connectivity index (χ1) is 15.2. The topological polar surface area (TPSA) is 85.6 Å². The van der Waals surface area contributed by atoms with Crippen molar-refractivity contribution in [2.75, 3.05) is 12.9 Å². The lowest BCUT2D eigenvalue weighted by atomic mass is 10.2. The van der Waals surface area contributed by atoms with Crippen molar-refractivity contribution >= 4 is 46.1 Å². The zero-order valence-corrected chi connectivity index (χ0v) is 18.2.